The molecule has 0 saturated carbocycles. The standard InChI is InChI=1S/C50H42N2/c1-35-16-18-37(19-17-35)38-20-26-42(27-21-38)51(45-32-33-46(36(2)34-45)41-10-4-3-5-11-41)43-28-22-39(23-29-43)40-24-30-44(31-25-40)52-49-14-8-6-12-47(49)48-13-7-9-15-50(48)52/h3-16,18-36,46H,17H2,1-2H3. The van der Waals surface area contributed by atoms with Crippen molar-refractivity contribution in [2.45, 2.75) is 26.2 Å². The van der Waals surface area contributed by atoms with Crippen molar-refractivity contribution in [2.75, 3.05) is 4.90 Å². The number of hydrogen-bond donors (Lipinski definition) is 0. The summed E-state index contributed by atoms with van der Waals surface area (Å²) in [6.45, 7) is 4.60. The number of hydrogen-bond acceptors (Lipinski definition) is 1. The number of aromatic nitrogens is 1. The smallest absolute Gasteiger partial charge is 0.0541 e. The van der Waals surface area contributed by atoms with E-state index in [9.17, 15) is 0 Å². The van der Waals surface area contributed by atoms with Gasteiger partial charge in [-0.05, 0) is 101 Å². The molecule has 3 atom stereocenters. The number of fused-ring (bicyclic) bond motifs is 3. The Labute approximate surface area is 307 Å². The molecular formula is C50H42N2. The largest absolute Gasteiger partial charge is 0.311 e. The van der Waals surface area contributed by atoms with E-state index in [1.54, 1.807) is 0 Å². The van der Waals surface area contributed by atoms with Crippen molar-refractivity contribution in [3.05, 3.63) is 205 Å². The lowest BCUT2D eigenvalue weighted by atomic mass is 9.83. The Morgan fingerprint density at radius 3 is 1.67 bits per heavy atom. The molecule has 252 valence electrons. The number of benzene rings is 6. The van der Waals surface area contributed by atoms with E-state index in [0.717, 1.165) is 17.8 Å². The summed E-state index contributed by atoms with van der Waals surface area (Å²) >= 11 is 0. The van der Waals surface area contributed by atoms with Gasteiger partial charge >= 0.3 is 0 Å². The zero-order valence-electron chi connectivity index (χ0n) is 29.7. The van der Waals surface area contributed by atoms with Crippen LogP contribution < -0.4 is 4.90 Å². The lowest BCUT2D eigenvalue weighted by Gasteiger charge is -2.31. The number of nitrogens with zero attached hydrogens (tertiary/aromatic N) is 2. The quantitative estimate of drug-likeness (QED) is 0.164. The molecule has 0 saturated heterocycles. The number of para-hydroxylation sites is 2. The summed E-state index contributed by atoms with van der Waals surface area (Å²) in [6.07, 6.45) is 15.2. The number of rotatable bonds is 7. The summed E-state index contributed by atoms with van der Waals surface area (Å²) in [4.78, 5) is 2.40. The molecule has 0 spiro atoms. The van der Waals surface area contributed by atoms with Gasteiger partial charge in [-0.3, -0.25) is 0 Å². The summed E-state index contributed by atoms with van der Waals surface area (Å²) in [7, 11) is 0. The van der Waals surface area contributed by atoms with Crippen LogP contribution in [-0.2, 0) is 0 Å². The van der Waals surface area contributed by atoms with Crippen LogP contribution in [0.4, 0.5) is 11.4 Å². The van der Waals surface area contributed by atoms with Crippen LogP contribution in [0, 0.1) is 11.8 Å². The van der Waals surface area contributed by atoms with Gasteiger partial charge in [-0.1, -0.05) is 147 Å². The molecule has 0 bridgehead atoms. The summed E-state index contributed by atoms with van der Waals surface area (Å²) in [5.74, 6) is 1.32. The Morgan fingerprint density at radius 1 is 0.538 bits per heavy atom. The highest BCUT2D eigenvalue weighted by Gasteiger charge is 2.23. The van der Waals surface area contributed by atoms with Gasteiger partial charge < -0.3 is 9.47 Å². The Morgan fingerprint density at radius 2 is 1.10 bits per heavy atom. The molecule has 0 fully saturated rings. The minimum absolute atomic E-state index is 0.356. The molecule has 0 radical (unpaired) electrons. The average Bonchev–Trinajstić information content (AvgIpc) is 3.54. The van der Waals surface area contributed by atoms with E-state index >= 15 is 0 Å². The molecule has 9 rings (SSSR count). The molecule has 2 aliphatic rings. The molecule has 6 aromatic carbocycles. The van der Waals surface area contributed by atoms with Gasteiger partial charge in [0.25, 0.3) is 0 Å². The second-order valence-corrected chi connectivity index (χ2v) is 14.3. The third-order valence-corrected chi connectivity index (χ3v) is 10.9. The zero-order valence-corrected chi connectivity index (χ0v) is 29.7. The fraction of sp³-hybridized carbons (Fsp3) is 0.120. The third kappa shape index (κ3) is 5.91. The second-order valence-electron chi connectivity index (χ2n) is 14.3. The van der Waals surface area contributed by atoms with Crippen LogP contribution in [0.1, 0.15) is 37.3 Å². The highest BCUT2D eigenvalue weighted by molar-refractivity contribution is 6.09. The molecule has 2 nitrogen and oxygen atoms in total. The van der Waals surface area contributed by atoms with Crippen LogP contribution in [0.15, 0.2) is 194 Å². The lowest BCUT2D eigenvalue weighted by molar-refractivity contribution is 0.628. The maximum absolute atomic E-state index is 2.43. The Kier molecular flexibility index (Phi) is 8.29. The Hall–Kier alpha value is -6.12. The van der Waals surface area contributed by atoms with Gasteiger partial charge in [0, 0.05) is 39.4 Å². The normalized spacial score (nSPS) is 18.4. The van der Waals surface area contributed by atoms with Crippen molar-refractivity contribution in [1.82, 2.24) is 4.57 Å². The Balaban J connectivity index is 1.04. The van der Waals surface area contributed by atoms with Crippen molar-refractivity contribution < 1.29 is 0 Å². The number of allylic oxidation sites excluding steroid dienone is 7. The van der Waals surface area contributed by atoms with Crippen LogP contribution in [0.25, 0.3) is 44.2 Å². The van der Waals surface area contributed by atoms with E-state index in [2.05, 4.69) is 211 Å². The average molecular weight is 671 g/mol. The molecule has 52 heavy (non-hydrogen) atoms. The maximum atomic E-state index is 2.43. The predicted octanol–water partition coefficient (Wildman–Crippen LogP) is 13.4. The topological polar surface area (TPSA) is 8.17 Å². The first-order valence-electron chi connectivity index (χ1n) is 18.5. The first-order chi connectivity index (χ1) is 25.6. The fourth-order valence-corrected chi connectivity index (χ4v) is 8.04. The van der Waals surface area contributed by atoms with Crippen LogP contribution in [0.2, 0.25) is 0 Å². The molecule has 7 aromatic rings. The van der Waals surface area contributed by atoms with E-state index < -0.39 is 0 Å². The van der Waals surface area contributed by atoms with Crippen molar-refractivity contribution in [1.29, 1.82) is 0 Å². The van der Waals surface area contributed by atoms with Crippen molar-refractivity contribution in [3.8, 4) is 16.8 Å². The lowest BCUT2D eigenvalue weighted by Crippen LogP contribution is -2.20. The van der Waals surface area contributed by atoms with Gasteiger partial charge in [0.2, 0.25) is 0 Å². The van der Waals surface area contributed by atoms with Gasteiger partial charge in [-0.15, -0.1) is 0 Å². The molecule has 2 heteroatoms. The highest BCUT2D eigenvalue weighted by atomic mass is 15.1. The second kappa shape index (κ2) is 13.5. The van der Waals surface area contributed by atoms with Gasteiger partial charge in [-0.25, -0.2) is 0 Å². The minimum atomic E-state index is 0.356. The zero-order chi connectivity index (χ0) is 35.0. The van der Waals surface area contributed by atoms with E-state index in [-0.39, 0.29) is 0 Å². The molecule has 1 aromatic heterocycles. The summed E-state index contributed by atoms with van der Waals surface area (Å²) in [5.41, 5.74) is 13.4. The van der Waals surface area contributed by atoms with E-state index in [4.69, 9.17) is 0 Å². The van der Waals surface area contributed by atoms with Crippen LogP contribution in [0.5, 0.6) is 0 Å². The minimum Gasteiger partial charge on any atom is -0.311 e. The first-order valence-corrected chi connectivity index (χ1v) is 18.5. The summed E-state index contributed by atoms with van der Waals surface area (Å²) in [5, 5.41) is 2.56. The van der Waals surface area contributed by atoms with Crippen LogP contribution in [0.3, 0.4) is 0 Å². The fourth-order valence-electron chi connectivity index (χ4n) is 8.04. The summed E-state index contributed by atoms with van der Waals surface area (Å²) < 4.78 is 2.37. The van der Waals surface area contributed by atoms with Gasteiger partial charge in [-0.2, -0.15) is 0 Å². The SMILES string of the molecule is CC1C=CC(c2ccc(N(C3=CC(C)C(c4ccccc4)C=C3)c3ccc(-c4ccc(-n5c6ccccc6c6ccccc65)cc4)cc3)cc2)=CC1. The molecule has 0 aliphatic heterocycles. The van der Waals surface area contributed by atoms with Crippen molar-refractivity contribution in [2.24, 2.45) is 11.8 Å². The number of anilines is 2. The van der Waals surface area contributed by atoms with Gasteiger partial charge in [0.1, 0.15) is 0 Å². The van der Waals surface area contributed by atoms with Crippen LogP contribution >= 0.6 is 0 Å². The van der Waals surface area contributed by atoms with Crippen LogP contribution in [-0.4, -0.2) is 4.57 Å². The molecule has 0 amide bonds. The van der Waals surface area contributed by atoms with Gasteiger partial charge in [0.05, 0.1) is 11.0 Å². The Bertz CT molecular complexity index is 2440. The van der Waals surface area contributed by atoms with Crippen molar-refractivity contribution >= 4 is 38.8 Å². The highest BCUT2D eigenvalue weighted by Crippen LogP contribution is 2.39. The first kappa shape index (κ1) is 31.8. The molecule has 3 unspecified atom stereocenters. The monoisotopic (exact) mass is 670 g/mol. The van der Waals surface area contributed by atoms with Crippen molar-refractivity contribution in [3.63, 3.8) is 0 Å². The molecular weight excluding hydrogens is 629 g/mol. The van der Waals surface area contributed by atoms with Gasteiger partial charge in [0.15, 0.2) is 0 Å². The third-order valence-electron chi connectivity index (χ3n) is 10.9. The van der Waals surface area contributed by atoms with E-state index in [0.29, 0.717) is 17.8 Å². The molecule has 2 aliphatic carbocycles. The predicted molar refractivity (Wildman–Crippen MR) is 221 cm³/mol. The summed E-state index contributed by atoms with van der Waals surface area (Å²) in [6, 6.07) is 55.3. The van der Waals surface area contributed by atoms with E-state index in [1.807, 2.05) is 0 Å². The molecule has 1 heterocycles. The molecule has 0 N–H and O–H groups in total. The van der Waals surface area contributed by atoms with E-state index in [1.165, 1.54) is 61.0 Å². The maximum Gasteiger partial charge on any atom is 0.0541 e.